The van der Waals surface area contributed by atoms with Crippen LogP contribution in [0.1, 0.15) is 21.6 Å². The first kappa shape index (κ1) is 15.1. The second-order valence-corrected chi connectivity index (χ2v) is 6.09. The number of carboxylic acid groups (broad SMARTS) is 1. The molecule has 7 nitrogen and oxygen atoms in total. The molecule has 0 atom stereocenters. The lowest BCUT2D eigenvalue weighted by Crippen LogP contribution is -2.25. The number of aromatic nitrogens is 2. The fraction of sp³-hybridized carbons (Fsp3) is 0.154. The van der Waals surface area contributed by atoms with E-state index in [4.69, 9.17) is 5.11 Å². The summed E-state index contributed by atoms with van der Waals surface area (Å²) >= 11 is 0. The van der Waals surface area contributed by atoms with Crippen molar-refractivity contribution in [3.05, 3.63) is 59.7 Å². The summed E-state index contributed by atoms with van der Waals surface area (Å²) in [5.74, 6) is -1.27. The number of aromatic carboxylic acids is 1. The van der Waals surface area contributed by atoms with E-state index in [1.54, 1.807) is 6.07 Å². The highest BCUT2D eigenvalue weighted by molar-refractivity contribution is 7.88. The molecule has 0 amide bonds. The summed E-state index contributed by atoms with van der Waals surface area (Å²) in [6.07, 6.45) is 2.87. The summed E-state index contributed by atoms with van der Waals surface area (Å²) < 4.78 is 26.3. The lowest BCUT2D eigenvalue weighted by Gasteiger charge is -2.06. The Morgan fingerprint density at radius 1 is 1.19 bits per heavy atom. The Morgan fingerprint density at radius 3 is 2.48 bits per heavy atom. The minimum Gasteiger partial charge on any atom is -0.478 e. The lowest BCUT2D eigenvalue weighted by molar-refractivity contribution is 0.0697. The average Bonchev–Trinajstić information content (AvgIpc) is 2.46. The number of benzene rings is 1. The first-order valence-electron chi connectivity index (χ1n) is 6.01. The van der Waals surface area contributed by atoms with E-state index in [0.717, 1.165) is 0 Å². The predicted octanol–water partition coefficient (Wildman–Crippen LogP) is 0.794. The minimum absolute atomic E-state index is 0.0814. The minimum atomic E-state index is -3.52. The summed E-state index contributed by atoms with van der Waals surface area (Å²) in [7, 11) is -3.52. The molecule has 0 unspecified atom stereocenters. The smallest absolute Gasteiger partial charge is 0.335 e. The number of sulfonamides is 1. The van der Waals surface area contributed by atoms with E-state index in [1.807, 2.05) is 0 Å². The molecule has 110 valence electrons. The molecule has 0 fully saturated rings. The van der Waals surface area contributed by atoms with Crippen LogP contribution in [0.3, 0.4) is 0 Å². The Labute approximate surface area is 121 Å². The summed E-state index contributed by atoms with van der Waals surface area (Å²) in [5, 5.41) is 8.78. The van der Waals surface area contributed by atoms with Crippen molar-refractivity contribution in [2.75, 3.05) is 0 Å². The molecule has 0 aliphatic heterocycles. The third-order valence-electron chi connectivity index (χ3n) is 2.67. The number of carboxylic acids is 1. The van der Waals surface area contributed by atoms with E-state index in [2.05, 4.69) is 14.7 Å². The average molecular weight is 307 g/mol. The van der Waals surface area contributed by atoms with E-state index >= 15 is 0 Å². The molecule has 0 saturated carbocycles. The largest absolute Gasteiger partial charge is 0.478 e. The van der Waals surface area contributed by atoms with Gasteiger partial charge in [-0.2, -0.15) is 0 Å². The zero-order chi connectivity index (χ0) is 15.3. The highest BCUT2D eigenvalue weighted by atomic mass is 32.2. The Hall–Kier alpha value is -2.32. The van der Waals surface area contributed by atoms with Gasteiger partial charge in [-0.1, -0.05) is 12.1 Å². The van der Waals surface area contributed by atoms with Crippen LogP contribution < -0.4 is 4.72 Å². The van der Waals surface area contributed by atoms with Crippen LogP contribution in [0, 0.1) is 0 Å². The monoisotopic (exact) mass is 307 g/mol. The lowest BCUT2D eigenvalue weighted by atomic mass is 10.1. The van der Waals surface area contributed by atoms with Gasteiger partial charge in [0.2, 0.25) is 10.0 Å². The van der Waals surface area contributed by atoms with E-state index < -0.39 is 16.0 Å². The third-order valence-corrected chi connectivity index (χ3v) is 3.97. The molecule has 21 heavy (non-hydrogen) atoms. The molecule has 0 aliphatic rings. The molecule has 0 spiro atoms. The van der Waals surface area contributed by atoms with Gasteiger partial charge in [0.25, 0.3) is 0 Å². The van der Waals surface area contributed by atoms with E-state index in [9.17, 15) is 13.2 Å². The molecule has 1 aromatic carbocycles. The summed E-state index contributed by atoms with van der Waals surface area (Å²) in [6, 6.07) is 7.32. The second kappa shape index (κ2) is 6.42. The highest BCUT2D eigenvalue weighted by Crippen LogP contribution is 2.08. The van der Waals surface area contributed by atoms with Crippen LogP contribution in [0.4, 0.5) is 0 Å². The van der Waals surface area contributed by atoms with Gasteiger partial charge in [-0.05, 0) is 23.8 Å². The van der Waals surface area contributed by atoms with Crippen molar-refractivity contribution < 1.29 is 18.3 Å². The second-order valence-electron chi connectivity index (χ2n) is 4.28. The van der Waals surface area contributed by atoms with Gasteiger partial charge in [0.15, 0.2) is 0 Å². The Morgan fingerprint density at radius 2 is 1.90 bits per heavy atom. The van der Waals surface area contributed by atoms with Gasteiger partial charge in [0, 0.05) is 6.20 Å². The molecule has 8 heteroatoms. The van der Waals surface area contributed by atoms with Crippen LogP contribution in [0.5, 0.6) is 0 Å². The maximum absolute atomic E-state index is 11.9. The molecular weight excluding hydrogens is 294 g/mol. The number of rotatable bonds is 6. The number of carbonyl (C=O) groups is 1. The van der Waals surface area contributed by atoms with Gasteiger partial charge in [0.05, 0.1) is 23.6 Å². The van der Waals surface area contributed by atoms with Gasteiger partial charge in [0.1, 0.15) is 6.33 Å². The first-order chi connectivity index (χ1) is 9.96. The van der Waals surface area contributed by atoms with Crippen molar-refractivity contribution >= 4 is 16.0 Å². The Balaban J connectivity index is 1.99. The number of nitrogens with one attached hydrogen (secondary N) is 1. The van der Waals surface area contributed by atoms with Crippen LogP contribution in [-0.2, 0) is 22.3 Å². The molecular formula is C13H13N3O4S. The van der Waals surface area contributed by atoms with Crippen molar-refractivity contribution in [3.8, 4) is 0 Å². The molecule has 2 aromatic rings. The predicted molar refractivity (Wildman–Crippen MR) is 74.9 cm³/mol. The molecule has 0 saturated heterocycles. The third kappa shape index (κ3) is 4.62. The molecule has 2 rings (SSSR count). The van der Waals surface area contributed by atoms with Gasteiger partial charge < -0.3 is 5.11 Å². The number of hydrogen-bond acceptors (Lipinski definition) is 5. The standard InChI is InChI=1S/C13H13N3O4S/c17-13(18)11-3-1-10(2-4-11)8-21(19,20)16-7-12-5-6-14-9-15-12/h1-6,9,16H,7-8H2,(H,17,18). The van der Waals surface area contributed by atoms with E-state index in [1.165, 1.54) is 36.8 Å². The van der Waals surface area contributed by atoms with Crippen LogP contribution in [0.25, 0.3) is 0 Å². The zero-order valence-electron chi connectivity index (χ0n) is 10.9. The Bertz CT molecular complexity index is 715. The van der Waals surface area contributed by atoms with Crippen molar-refractivity contribution in [1.29, 1.82) is 0 Å². The quantitative estimate of drug-likeness (QED) is 0.816. The summed E-state index contributed by atoms with van der Waals surface area (Å²) in [6.45, 7) is 0.0814. The number of hydrogen-bond donors (Lipinski definition) is 2. The van der Waals surface area contributed by atoms with E-state index in [-0.39, 0.29) is 17.9 Å². The Kier molecular flexibility index (Phi) is 4.61. The summed E-state index contributed by atoms with van der Waals surface area (Å²) in [4.78, 5) is 18.4. The van der Waals surface area contributed by atoms with Gasteiger partial charge in [-0.25, -0.2) is 27.9 Å². The van der Waals surface area contributed by atoms with Crippen molar-refractivity contribution in [2.45, 2.75) is 12.3 Å². The van der Waals surface area contributed by atoms with Crippen LogP contribution in [-0.4, -0.2) is 29.5 Å². The van der Waals surface area contributed by atoms with Crippen LogP contribution in [0.15, 0.2) is 42.9 Å². The van der Waals surface area contributed by atoms with Gasteiger partial charge in [-0.3, -0.25) is 0 Å². The maximum Gasteiger partial charge on any atom is 0.335 e. The fourth-order valence-electron chi connectivity index (χ4n) is 1.62. The van der Waals surface area contributed by atoms with Gasteiger partial charge in [-0.15, -0.1) is 0 Å². The topological polar surface area (TPSA) is 109 Å². The van der Waals surface area contributed by atoms with Crippen molar-refractivity contribution in [3.63, 3.8) is 0 Å². The van der Waals surface area contributed by atoms with E-state index in [0.29, 0.717) is 11.3 Å². The first-order valence-corrected chi connectivity index (χ1v) is 7.66. The fourth-order valence-corrected chi connectivity index (χ4v) is 2.72. The van der Waals surface area contributed by atoms with Crippen molar-refractivity contribution in [1.82, 2.24) is 14.7 Å². The molecule has 0 radical (unpaired) electrons. The molecule has 0 bridgehead atoms. The molecule has 1 heterocycles. The highest BCUT2D eigenvalue weighted by Gasteiger charge is 2.12. The van der Waals surface area contributed by atoms with Crippen LogP contribution in [0.2, 0.25) is 0 Å². The van der Waals surface area contributed by atoms with Gasteiger partial charge >= 0.3 is 5.97 Å². The zero-order valence-corrected chi connectivity index (χ0v) is 11.7. The molecule has 2 N–H and O–H groups in total. The SMILES string of the molecule is O=C(O)c1ccc(CS(=O)(=O)NCc2ccncn2)cc1. The normalized spacial score (nSPS) is 11.2. The maximum atomic E-state index is 11.9. The van der Waals surface area contributed by atoms with Crippen LogP contribution >= 0.6 is 0 Å². The summed E-state index contributed by atoms with van der Waals surface area (Å²) in [5.41, 5.74) is 1.19. The number of nitrogens with zero attached hydrogens (tertiary/aromatic N) is 2. The molecule has 0 aliphatic carbocycles. The molecule has 1 aromatic heterocycles. The van der Waals surface area contributed by atoms with Crippen molar-refractivity contribution in [2.24, 2.45) is 0 Å².